The molecule has 1 atom stereocenters. The summed E-state index contributed by atoms with van der Waals surface area (Å²) in [5, 5.41) is 13.7. The van der Waals surface area contributed by atoms with Gasteiger partial charge in [-0.3, -0.25) is 4.79 Å². The lowest BCUT2D eigenvalue weighted by Crippen LogP contribution is -2.36. The summed E-state index contributed by atoms with van der Waals surface area (Å²) < 4.78 is 0. The largest absolute Gasteiger partial charge is 0.394 e. The first-order valence-electron chi connectivity index (χ1n) is 5.18. The number of amides is 1. The third-order valence-electron chi connectivity index (χ3n) is 2.26. The van der Waals surface area contributed by atoms with Crippen molar-refractivity contribution in [2.45, 2.75) is 32.2 Å². The molecule has 0 aliphatic carbocycles. The molecular weight excluding hydrogens is 210 g/mol. The van der Waals surface area contributed by atoms with Crippen LogP contribution in [0.15, 0.2) is 17.5 Å². The predicted molar refractivity (Wildman–Crippen MR) is 61.9 cm³/mol. The Bertz CT molecular complexity index is 281. The van der Waals surface area contributed by atoms with Crippen LogP contribution in [0.25, 0.3) is 0 Å². The molecule has 15 heavy (non-hydrogen) atoms. The van der Waals surface area contributed by atoms with E-state index in [0.717, 1.165) is 12.8 Å². The highest BCUT2D eigenvalue weighted by Gasteiger charge is 2.08. The molecule has 0 bridgehead atoms. The number of nitrogens with one attached hydrogen (secondary N) is 1. The number of hydrogen-bond acceptors (Lipinski definition) is 3. The zero-order valence-electron chi connectivity index (χ0n) is 8.90. The zero-order chi connectivity index (χ0) is 11.1. The average molecular weight is 227 g/mol. The molecule has 0 aromatic carbocycles. The molecule has 1 rings (SSSR count). The van der Waals surface area contributed by atoms with Crippen LogP contribution in [0.4, 0.5) is 0 Å². The quantitative estimate of drug-likeness (QED) is 0.775. The van der Waals surface area contributed by atoms with Gasteiger partial charge in [-0.05, 0) is 24.3 Å². The summed E-state index contributed by atoms with van der Waals surface area (Å²) >= 11 is 1.67. The maximum absolute atomic E-state index is 11.4. The third-order valence-corrected chi connectivity index (χ3v) is 3.19. The smallest absolute Gasteiger partial charge is 0.220 e. The molecule has 0 aliphatic heterocycles. The number of carbonyl (C=O) groups excluding carboxylic acids is 1. The highest BCUT2D eigenvalue weighted by molar-refractivity contribution is 7.09. The van der Waals surface area contributed by atoms with Crippen LogP contribution in [0.3, 0.4) is 0 Å². The fourth-order valence-electron chi connectivity index (χ4n) is 1.27. The van der Waals surface area contributed by atoms with E-state index in [4.69, 9.17) is 5.11 Å². The minimum Gasteiger partial charge on any atom is -0.394 e. The van der Waals surface area contributed by atoms with Gasteiger partial charge in [-0.1, -0.05) is 13.0 Å². The maximum Gasteiger partial charge on any atom is 0.220 e. The molecule has 0 spiro atoms. The van der Waals surface area contributed by atoms with Crippen LogP contribution >= 0.6 is 11.3 Å². The van der Waals surface area contributed by atoms with Crippen molar-refractivity contribution in [1.29, 1.82) is 0 Å². The topological polar surface area (TPSA) is 49.3 Å². The standard InChI is InChI=1S/C11H17NO2S/c1-2-9(8-13)12-11(14)6-5-10-4-3-7-15-10/h3-4,7,9,13H,2,5-6,8H2,1H3,(H,12,14)/t9-/m0/s1. The van der Waals surface area contributed by atoms with Crippen LogP contribution in [0, 0.1) is 0 Å². The van der Waals surface area contributed by atoms with Gasteiger partial charge in [-0.2, -0.15) is 0 Å². The van der Waals surface area contributed by atoms with Crippen LogP contribution in [-0.2, 0) is 11.2 Å². The summed E-state index contributed by atoms with van der Waals surface area (Å²) in [6.45, 7) is 1.96. The first-order chi connectivity index (χ1) is 7.26. The maximum atomic E-state index is 11.4. The molecule has 1 aromatic heterocycles. The van der Waals surface area contributed by atoms with Gasteiger partial charge in [-0.15, -0.1) is 11.3 Å². The SMILES string of the molecule is CC[C@@H](CO)NC(=O)CCc1cccs1. The van der Waals surface area contributed by atoms with Gasteiger partial charge in [0.1, 0.15) is 0 Å². The molecule has 2 N–H and O–H groups in total. The van der Waals surface area contributed by atoms with Gasteiger partial charge in [-0.25, -0.2) is 0 Å². The highest BCUT2D eigenvalue weighted by atomic mass is 32.1. The molecule has 4 heteroatoms. The second-order valence-corrected chi connectivity index (χ2v) is 4.47. The molecule has 0 aliphatic rings. The number of thiophene rings is 1. The van der Waals surface area contributed by atoms with Gasteiger partial charge < -0.3 is 10.4 Å². The number of aryl methyl sites for hydroxylation is 1. The molecule has 84 valence electrons. The van der Waals surface area contributed by atoms with Gasteiger partial charge in [0, 0.05) is 11.3 Å². The van der Waals surface area contributed by atoms with Gasteiger partial charge in [0.2, 0.25) is 5.91 Å². The number of hydrogen-bond donors (Lipinski definition) is 2. The van der Waals surface area contributed by atoms with Gasteiger partial charge in [0.25, 0.3) is 0 Å². The van der Waals surface area contributed by atoms with E-state index in [1.165, 1.54) is 4.88 Å². The molecule has 1 aromatic rings. The number of rotatable bonds is 6. The van der Waals surface area contributed by atoms with E-state index >= 15 is 0 Å². The van der Waals surface area contributed by atoms with Gasteiger partial charge in [0.15, 0.2) is 0 Å². The van der Waals surface area contributed by atoms with Crippen molar-refractivity contribution < 1.29 is 9.90 Å². The van der Waals surface area contributed by atoms with Crippen molar-refractivity contribution in [3.05, 3.63) is 22.4 Å². The van der Waals surface area contributed by atoms with E-state index in [1.807, 2.05) is 24.4 Å². The van der Waals surface area contributed by atoms with Gasteiger partial charge >= 0.3 is 0 Å². The van der Waals surface area contributed by atoms with Crippen molar-refractivity contribution in [2.24, 2.45) is 0 Å². The van der Waals surface area contributed by atoms with Crippen molar-refractivity contribution >= 4 is 17.2 Å². The van der Waals surface area contributed by atoms with Crippen LogP contribution in [0.1, 0.15) is 24.6 Å². The monoisotopic (exact) mass is 227 g/mol. The van der Waals surface area contributed by atoms with Crippen molar-refractivity contribution in [1.82, 2.24) is 5.32 Å². The summed E-state index contributed by atoms with van der Waals surface area (Å²) in [5.74, 6) is 0.0179. The van der Waals surface area contributed by atoms with E-state index in [0.29, 0.717) is 6.42 Å². The first-order valence-corrected chi connectivity index (χ1v) is 6.06. The molecule has 0 saturated carbocycles. The number of aliphatic hydroxyl groups excluding tert-OH is 1. The van der Waals surface area contributed by atoms with Gasteiger partial charge in [0.05, 0.1) is 12.6 Å². The molecule has 3 nitrogen and oxygen atoms in total. The molecule has 0 fully saturated rings. The van der Waals surface area contributed by atoms with Crippen LogP contribution in [0.2, 0.25) is 0 Å². The molecule has 1 amide bonds. The molecule has 0 radical (unpaired) electrons. The Morgan fingerprint density at radius 1 is 1.67 bits per heavy atom. The average Bonchev–Trinajstić information content (AvgIpc) is 2.75. The summed E-state index contributed by atoms with van der Waals surface area (Å²) in [6.07, 6.45) is 2.05. The second kappa shape index (κ2) is 6.58. The fourth-order valence-corrected chi connectivity index (χ4v) is 1.98. The number of carbonyl (C=O) groups is 1. The fraction of sp³-hybridized carbons (Fsp3) is 0.545. The van der Waals surface area contributed by atoms with E-state index in [-0.39, 0.29) is 18.6 Å². The zero-order valence-corrected chi connectivity index (χ0v) is 9.72. The Balaban J connectivity index is 2.24. The Kier molecular flexibility index (Phi) is 5.36. The van der Waals surface area contributed by atoms with E-state index in [9.17, 15) is 4.79 Å². The van der Waals surface area contributed by atoms with E-state index in [2.05, 4.69) is 5.32 Å². The van der Waals surface area contributed by atoms with Crippen molar-refractivity contribution in [2.75, 3.05) is 6.61 Å². The summed E-state index contributed by atoms with van der Waals surface area (Å²) in [6, 6.07) is 3.92. The highest BCUT2D eigenvalue weighted by Crippen LogP contribution is 2.10. The van der Waals surface area contributed by atoms with Crippen LogP contribution < -0.4 is 5.32 Å². The first kappa shape index (κ1) is 12.2. The van der Waals surface area contributed by atoms with Crippen LogP contribution in [-0.4, -0.2) is 23.7 Å². The molecule has 1 heterocycles. The Hall–Kier alpha value is -0.870. The van der Waals surface area contributed by atoms with Crippen molar-refractivity contribution in [3.63, 3.8) is 0 Å². The number of aliphatic hydroxyl groups is 1. The lowest BCUT2D eigenvalue weighted by atomic mass is 10.2. The Morgan fingerprint density at radius 3 is 3.00 bits per heavy atom. The molecule has 0 unspecified atom stereocenters. The normalized spacial score (nSPS) is 12.4. The van der Waals surface area contributed by atoms with Crippen molar-refractivity contribution in [3.8, 4) is 0 Å². The minimum absolute atomic E-state index is 0.0151. The third kappa shape index (κ3) is 4.44. The Morgan fingerprint density at radius 2 is 2.47 bits per heavy atom. The lowest BCUT2D eigenvalue weighted by Gasteiger charge is -2.13. The predicted octanol–water partition coefficient (Wildman–Crippen LogP) is 1.57. The van der Waals surface area contributed by atoms with E-state index < -0.39 is 0 Å². The molecule has 0 saturated heterocycles. The summed E-state index contributed by atoms with van der Waals surface area (Å²) in [7, 11) is 0. The summed E-state index contributed by atoms with van der Waals surface area (Å²) in [5.41, 5.74) is 0. The lowest BCUT2D eigenvalue weighted by molar-refractivity contribution is -0.122. The molecular formula is C11H17NO2S. The van der Waals surface area contributed by atoms with E-state index in [1.54, 1.807) is 11.3 Å². The minimum atomic E-state index is -0.0964. The second-order valence-electron chi connectivity index (χ2n) is 3.43. The van der Waals surface area contributed by atoms with Crippen LogP contribution in [0.5, 0.6) is 0 Å². The summed E-state index contributed by atoms with van der Waals surface area (Å²) in [4.78, 5) is 12.7. The Labute approximate surface area is 94.1 Å².